The normalized spacial score (nSPS) is 14.9. The maximum absolute atomic E-state index is 13.0. The van der Waals surface area contributed by atoms with Crippen molar-refractivity contribution in [2.75, 3.05) is 16.8 Å². The average molecular weight is 336 g/mol. The first-order valence-corrected chi connectivity index (χ1v) is 8.75. The van der Waals surface area contributed by atoms with Gasteiger partial charge in [0.15, 0.2) is 0 Å². The fourth-order valence-electron chi connectivity index (χ4n) is 3.22. The number of anilines is 2. The van der Waals surface area contributed by atoms with E-state index in [1.807, 2.05) is 43.3 Å². The highest BCUT2D eigenvalue weighted by Gasteiger charge is 2.30. The number of nitrogens with zero attached hydrogens (tertiary/aromatic N) is 1. The summed E-state index contributed by atoms with van der Waals surface area (Å²) in [6.07, 6.45) is 1.03. The van der Waals surface area contributed by atoms with Crippen molar-refractivity contribution in [1.29, 1.82) is 0 Å². The van der Waals surface area contributed by atoms with Crippen LogP contribution in [0.2, 0.25) is 0 Å². The van der Waals surface area contributed by atoms with Crippen molar-refractivity contribution in [2.24, 2.45) is 5.92 Å². The molecule has 1 heterocycles. The summed E-state index contributed by atoms with van der Waals surface area (Å²) in [6, 6.07) is 15.6. The van der Waals surface area contributed by atoms with Crippen LogP contribution in [0.4, 0.5) is 11.4 Å². The molecule has 3 rings (SSSR count). The van der Waals surface area contributed by atoms with E-state index in [-0.39, 0.29) is 24.3 Å². The second-order valence-corrected chi connectivity index (χ2v) is 7.05. The van der Waals surface area contributed by atoms with Crippen LogP contribution in [-0.2, 0) is 16.0 Å². The van der Waals surface area contributed by atoms with E-state index in [2.05, 4.69) is 31.3 Å². The smallest absolute Gasteiger partial charge is 0.244 e. The first-order chi connectivity index (χ1) is 12.0. The summed E-state index contributed by atoms with van der Waals surface area (Å²) in [5, 5.41) is 2.82. The molecule has 1 aliphatic heterocycles. The molecule has 2 amide bonds. The van der Waals surface area contributed by atoms with E-state index in [1.54, 1.807) is 4.90 Å². The van der Waals surface area contributed by atoms with E-state index in [4.69, 9.17) is 0 Å². The minimum absolute atomic E-state index is 0.0566. The Labute approximate surface area is 148 Å². The van der Waals surface area contributed by atoms with Crippen LogP contribution >= 0.6 is 0 Å². The topological polar surface area (TPSA) is 49.4 Å². The molecule has 1 atom stereocenters. The third kappa shape index (κ3) is 3.73. The van der Waals surface area contributed by atoms with Crippen LogP contribution in [0.15, 0.2) is 48.5 Å². The molecule has 2 aromatic rings. The van der Waals surface area contributed by atoms with Crippen LogP contribution < -0.4 is 10.2 Å². The number of para-hydroxylation sites is 2. The number of rotatable bonds is 4. The van der Waals surface area contributed by atoms with Crippen molar-refractivity contribution >= 4 is 23.2 Å². The molecule has 0 bridgehead atoms. The average Bonchev–Trinajstić information content (AvgIpc) is 2.60. The molecule has 0 aliphatic carbocycles. The van der Waals surface area contributed by atoms with Gasteiger partial charge in [0, 0.05) is 0 Å². The Morgan fingerprint density at radius 1 is 1.08 bits per heavy atom. The Morgan fingerprint density at radius 2 is 1.76 bits per heavy atom. The third-order valence-electron chi connectivity index (χ3n) is 4.53. The lowest BCUT2D eigenvalue weighted by Crippen LogP contribution is -2.43. The molecule has 130 valence electrons. The number of amides is 2. The van der Waals surface area contributed by atoms with Crippen LogP contribution in [-0.4, -0.2) is 18.4 Å². The number of benzene rings is 2. The fourth-order valence-corrected chi connectivity index (χ4v) is 3.22. The molecule has 0 radical (unpaired) electrons. The Balaban J connectivity index is 1.82. The molecule has 0 saturated carbocycles. The summed E-state index contributed by atoms with van der Waals surface area (Å²) in [5.74, 6) is 0.0887. The lowest BCUT2D eigenvalue weighted by Gasteiger charge is -2.31. The maximum Gasteiger partial charge on any atom is 0.244 e. The van der Waals surface area contributed by atoms with Gasteiger partial charge in [0.1, 0.15) is 6.54 Å². The van der Waals surface area contributed by atoms with Crippen molar-refractivity contribution in [3.05, 3.63) is 59.7 Å². The van der Waals surface area contributed by atoms with Crippen molar-refractivity contribution in [2.45, 2.75) is 33.1 Å². The van der Waals surface area contributed by atoms with Gasteiger partial charge < -0.3 is 10.2 Å². The number of carbonyl (C=O) groups is 2. The zero-order valence-corrected chi connectivity index (χ0v) is 15.0. The highest BCUT2D eigenvalue weighted by Crippen LogP contribution is 2.31. The number of nitrogens with one attached hydrogen (secondary N) is 1. The van der Waals surface area contributed by atoms with Crippen molar-refractivity contribution < 1.29 is 9.59 Å². The Hall–Kier alpha value is -2.62. The molecule has 0 spiro atoms. The summed E-state index contributed by atoms with van der Waals surface area (Å²) in [5.41, 5.74) is 3.70. The van der Waals surface area contributed by atoms with Gasteiger partial charge in [0.2, 0.25) is 11.8 Å². The minimum atomic E-state index is -0.299. The van der Waals surface area contributed by atoms with Gasteiger partial charge in [-0.3, -0.25) is 9.59 Å². The summed E-state index contributed by atoms with van der Waals surface area (Å²) >= 11 is 0. The van der Waals surface area contributed by atoms with Crippen molar-refractivity contribution in [3.63, 3.8) is 0 Å². The quantitative estimate of drug-likeness (QED) is 0.918. The molecule has 4 heteroatoms. The zero-order valence-electron chi connectivity index (χ0n) is 15.0. The molecule has 0 aromatic heterocycles. The predicted molar refractivity (Wildman–Crippen MR) is 101 cm³/mol. The summed E-state index contributed by atoms with van der Waals surface area (Å²) in [6.45, 7) is 6.35. The highest BCUT2D eigenvalue weighted by molar-refractivity contribution is 6.11. The van der Waals surface area contributed by atoms with Gasteiger partial charge in [-0.1, -0.05) is 50.2 Å². The van der Waals surface area contributed by atoms with Gasteiger partial charge in [-0.25, -0.2) is 0 Å². The lowest BCUT2D eigenvalue weighted by atomic mass is 9.95. The summed E-state index contributed by atoms with van der Waals surface area (Å²) in [7, 11) is 0. The first-order valence-electron chi connectivity index (χ1n) is 8.75. The highest BCUT2D eigenvalue weighted by atomic mass is 16.2. The van der Waals surface area contributed by atoms with Gasteiger partial charge in [0.05, 0.1) is 17.3 Å². The van der Waals surface area contributed by atoms with Crippen LogP contribution in [0, 0.1) is 5.92 Å². The van der Waals surface area contributed by atoms with E-state index in [1.165, 1.54) is 5.56 Å². The summed E-state index contributed by atoms with van der Waals surface area (Å²) < 4.78 is 0. The molecule has 1 aliphatic rings. The molecule has 1 N–H and O–H groups in total. The Kier molecular flexibility index (Phi) is 4.88. The van der Waals surface area contributed by atoms with Crippen LogP contribution in [0.3, 0.4) is 0 Å². The van der Waals surface area contributed by atoms with E-state index < -0.39 is 0 Å². The molecule has 0 unspecified atom stereocenters. The maximum atomic E-state index is 13.0. The minimum Gasteiger partial charge on any atom is -0.323 e. The number of hydrogen-bond acceptors (Lipinski definition) is 2. The SMILES string of the molecule is CC(C)Cc1ccc([C@H](C)C(=O)N2CC(=O)Nc3ccccc32)cc1. The van der Waals surface area contributed by atoms with Gasteiger partial charge in [-0.05, 0) is 42.5 Å². The molecule has 4 nitrogen and oxygen atoms in total. The van der Waals surface area contributed by atoms with Gasteiger partial charge in [-0.2, -0.15) is 0 Å². The predicted octanol–water partition coefficient (Wildman–Crippen LogP) is 3.97. The Morgan fingerprint density at radius 3 is 2.44 bits per heavy atom. The monoisotopic (exact) mass is 336 g/mol. The Bertz CT molecular complexity index is 781. The first kappa shape index (κ1) is 17.2. The second-order valence-electron chi connectivity index (χ2n) is 7.05. The van der Waals surface area contributed by atoms with Gasteiger partial charge in [0.25, 0.3) is 0 Å². The van der Waals surface area contributed by atoms with Crippen molar-refractivity contribution in [1.82, 2.24) is 0 Å². The molecule has 25 heavy (non-hydrogen) atoms. The van der Waals surface area contributed by atoms with E-state index in [0.717, 1.165) is 17.7 Å². The van der Waals surface area contributed by atoms with Crippen LogP contribution in [0.25, 0.3) is 0 Å². The van der Waals surface area contributed by atoms with Crippen LogP contribution in [0.5, 0.6) is 0 Å². The number of carbonyl (C=O) groups excluding carboxylic acids is 2. The molecule has 0 fully saturated rings. The molecule has 2 aromatic carbocycles. The fraction of sp³-hybridized carbons (Fsp3) is 0.333. The van der Waals surface area contributed by atoms with E-state index in [0.29, 0.717) is 11.6 Å². The standard InChI is InChI=1S/C21H24N2O2/c1-14(2)12-16-8-10-17(11-9-16)15(3)21(25)23-13-20(24)22-18-6-4-5-7-19(18)23/h4-11,14-15H,12-13H2,1-3H3,(H,22,24)/t15-/m0/s1. The molecule has 0 saturated heterocycles. The summed E-state index contributed by atoms with van der Waals surface area (Å²) in [4.78, 5) is 26.5. The lowest BCUT2D eigenvalue weighted by molar-refractivity contribution is -0.122. The second kappa shape index (κ2) is 7.09. The van der Waals surface area contributed by atoms with E-state index >= 15 is 0 Å². The molecular formula is C21H24N2O2. The van der Waals surface area contributed by atoms with Gasteiger partial charge in [-0.15, -0.1) is 0 Å². The zero-order chi connectivity index (χ0) is 18.0. The van der Waals surface area contributed by atoms with E-state index in [9.17, 15) is 9.59 Å². The van der Waals surface area contributed by atoms with Crippen LogP contribution in [0.1, 0.15) is 37.8 Å². The molecular weight excluding hydrogens is 312 g/mol. The largest absolute Gasteiger partial charge is 0.323 e. The number of fused-ring (bicyclic) bond motifs is 1. The van der Waals surface area contributed by atoms with Crippen molar-refractivity contribution in [3.8, 4) is 0 Å². The third-order valence-corrected chi connectivity index (χ3v) is 4.53. The van der Waals surface area contributed by atoms with Gasteiger partial charge >= 0.3 is 0 Å². The number of hydrogen-bond donors (Lipinski definition) is 1.